The van der Waals surface area contributed by atoms with Crippen molar-refractivity contribution in [2.45, 2.75) is 77.4 Å². The van der Waals surface area contributed by atoms with Gasteiger partial charge in [-0.15, -0.1) is 6.58 Å². The fourth-order valence-corrected chi connectivity index (χ4v) is 3.69. The lowest BCUT2D eigenvalue weighted by molar-refractivity contribution is -0.210. The van der Waals surface area contributed by atoms with Gasteiger partial charge in [0.1, 0.15) is 5.78 Å². The third kappa shape index (κ3) is 9.09. The molecule has 1 aliphatic carbocycles. The number of carbonyl (C=O) groups excluding carboxylic acids is 2. The standard InChI is InChI=1S/C24H38O5/c1-4-7-12-19(5-2)13-11-14-20-16-17-22(25)21(20)15-9-8-10-18-24(27,28)23(26)29-6-3/h5,8-9,11,14,19-21,27-28H,2,4,6-7,10,12-13,15-18H2,1,3H3/b9-8-,14-11+/t19-,20+,21-/m1/s1. The summed E-state index contributed by atoms with van der Waals surface area (Å²) in [5.41, 5.74) is 0. The summed E-state index contributed by atoms with van der Waals surface area (Å²) in [6.45, 7) is 7.83. The van der Waals surface area contributed by atoms with Gasteiger partial charge in [0.2, 0.25) is 0 Å². The number of esters is 1. The highest BCUT2D eigenvalue weighted by Gasteiger charge is 2.34. The smallest absolute Gasteiger partial charge is 0.366 e. The summed E-state index contributed by atoms with van der Waals surface area (Å²) in [6.07, 6.45) is 17.0. The summed E-state index contributed by atoms with van der Waals surface area (Å²) < 4.78 is 4.64. The number of rotatable bonds is 14. The average Bonchev–Trinajstić information content (AvgIpc) is 3.04. The van der Waals surface area contributed by atoms with Crippen LogP contribution in [0.2, 0.25) is 0 Å². The number of aliphatic hydroxyl groups is 2. The van der Waals surface area contributed by atoms with Crippen molar-refractivity contribution in [3.05, 3.63) is 37.0 Å². The van der Waals surface area contributed by atoms with Crippen LogP contribution in [0.1, 0.15) is 71.6 Å². The first-order chi connectivity index (χ1) is 13.9. The minimum Gasteiger partial charge on any atom is -0.462 e. The molecule has 0 aromatic rings. The van der Waals surface area contributed by atoms with Crippen molar-refractivity contribution in [1.82, 2.24) is 0 Å². The van der Waals surface area contributed by atoms with E-state index in [1.807, 2.05) is 12.2 Å². The molecule has 0 spiro atoms. The van der Waals surface area contributed by atoms with Crippen LogP contribution < -0.4 is 0 Å². The molecule has 0 unspecified atom stereocenters. The molecule has 0 aromatic carbocycles. The van der Waals surface area contributed by atoms with Crippen LogP contribution in [0, 0.1) is 17.8 Å². The second-order valence-corrected chi connectivity index (χ2v) is 7.86. The van der Waals surface area contributed by atoms with Crippen molar-refractivity contribution in [3.8, 4) is 0 Å². The number of Topliss-reactive ketones (excluding diaryl/α,β-unsaturated/α-hetero) is 1. The second-order valence-electron chi connectivity index (χ2n) is 7.86. The van der Waals surface area contributed by atoms with Crippen molar-refractivity contribution in [2.24, 2.45) is 17.8 Å². The van der Waals surface area contributed by atoms with E-state index in [1.165, 1.54) is 12.8 Å². The molecule has 1 aliphatic rings. The number of hydrogen-bond acceptors (Lipinski definition) is 5. The normalized spacial score (nSPS) is 21.2. The van der Waals surface area contributed by atoms with Crippen molar-refractivity contribution >= 4 is 11.8 Å². The number of ether oxygens (including phenoxy) is 1. The highest BCUT2D eigenvalue weighted by molar-refractivity contribution is 5.83. The molecule has 164 valence electrons. The quantitative estimate of drug-likeness (QED) is 0.252. The maximum absolute atomic E-state index is 12.2. The van der Waals surface area contributed by atoms with E-state index in [1.54, 1.807) is 13.0 Å². The highest BCUT2D eigenvalue weighted by atomic mass is 16.6. The molecule has 3 atom stereocenters. The van der Waals surface area contributed by atoms with Crippen molar-refractivity contribution in [1.29, 1.82) is 0 Å². The summed E-state index contributed by atoms with van der Waals surface area (Å²) in [7, 11) is 0. The van der Waals surface area contributed by atoms with E-state index in [2.05, 4.69) is 30.4 Å². The molecular formula is C24H38O5. The Kier molecular flexibility index (Phi) is 11.8. The van der Waals surface area contributed by atoms with Gasteiger partial charge in [-0.25, -0.2) is 4.79 Å². The molecule has 1 rings (SSSR count). The summed E-state index contributed by atoms with van der Waals surface area (Å²) in [4.78, 5) is 23.7. The first-order valence-corrected chi connectivity index (χ1v) is 10.9. The molecule has 1 fully saturated rings. The monoisotopic (exact) mass is 406 g/mol. The zero-order valence-corrected chi connectivity index (χ0v) is 18.0. The summed E-state index contributed by atoms with van der Waals surface area (Å²) in [5, 5.41) is 19.4. The van der Waals surface area contributed by atoms with Crippen molar-refractivity contribution < 1.29 is 24.5 Å². The molecule has 1 saturated carbocycles. The SMILES string of the molecule is C=C[C@@H](C/C=C/[C@H]1CCC(=O)[C@@H]1C/C=C\CCC(O)(O)C(=O)OCC)CCCC. The van der Waals surface area contributed by atoms with Gasteiger partial charge in [0.05, 0.1) is 6.61 Å². The first-order valence-electron chi connectivity index (χ1n) is 10.9. The summed E-state index contributed by atoms with van der Waals surface area (Å²) in [5.74, 6) is -2.45. The van der Waals surface area contributed by atoms with Crippen LogP contribution in [0.5, 0.6) is 0 Å². The molecule has 5 heteroatoms. The Morgan fingerprint density at radius 2 is 2.07 bits per heavy atom. The lowest BCUT2D eigenvalue weighted by atomic mass is 9.90. The van der Waals surface area contributed by atoms with Crippen LogP contribution in [0.4, 0.5) is 0 Å². The van der Waals surface area contributed by atoms with E-state index in [0.29, 0.717) is 31.0 Å². The fourth-order valence-electron chi connectivity index (χ4n) is 3.69. The lowest BCUT2D eigenvalue weighted by Crippen LogP contribution is -2.39. The highest BCUT2D eigenvalue weighted by Crippen LogP contribution is 2.33. The largest absolute Gasteiger partial charge is 0.462 e. The minimum atomic E-state index is -2.46. The van der Waals surface area contributed by atoms with Gasteiger partial charge >= 0.3 is 5.97 Å². The Balaban J connectivity index is 2.47. The first kappa shape index (κ1) is 25.3. The van der Waals surface area contributed by atoms with Gasteiger partial charge in [-0.2, -0.15) is 0 Å². The van der Waals surface area contributed by atoms with Crippen LogP contribution in [0.3, 0.4) is 0 Å². The minimum absolute atomic E-state index is 0.0154. The Labute approximate surface area is 175 Å². The van der Waals surface area contributed by atoms with Crippen molar-refractivity contribution in [3.63, 3.8) is 0 Å². The van der Waals surface area contributed by atoms with Gasteiger partial charge in [0.15, 0.2) is 0 Å². The molecular weight excluding hydrogens is 368 g/mol. The molecule has 0 aromatic heterocycles. The maximum Gasteiger partial charge on any atom is 0.366 e. The molecule has 0 amide bonds. The van der Waals surface area contributed by atoms with Gasteiger partial charge in [-0.1, -0.05) is 50.1 Å². The van der Waals surface area contributed by atoms with Gasteiger partial charge in [0, 0.05) is 18.8 Å². The number of allylic oxidation sites excluding steroid dienone is 5. The maximum atomic E-state index is 12.2. The van der Waals surface area contributed by atoms with Gasteiger partial charge in [-0.05, 0) is 50.9 Å². The topological polar surface area (TPSA) is 83.8 Å². The third-order valence-electron chi connectivity index (χ3n) is 5.56. The zero-order chi connectivity index (χ0) is 21.7. The van der Waals surface area contributed by atoms with E-state index < -0.39 is 11.8 Å². The lowest BCUT2D eigenvalue weighted by Gasteiger charge is -2.18. The fraction of sp³-hybridized carbons (Fsp3) is 0.667. The van der Waals surface area contributed by atoms with Crippen LogP contribution in [-0.4, -0.2) is 34.4 Å². The number of hydrogen-bond donors (Lipinski definition) is 2. The van der Waals surface area contributed by atoms with Gasteiger partial charge in [0.25, 0.3) is 5.79 Å². The molecule has 0 aliphatic heterocycles. The Bertz CT molecular complexity index is 576. The Hall–Kier alpha value is -1.72. The molecule has 0 bridgehead atoms. The molecule has 0 saturated heterocycles. The van der Waals surface area contributed by atoms with Gasteiger partial charge in [-0.3, -0.25) is 4.79 Å². The molecule has 5 nitrogen and oxygen atoms in total. The third-order valence-corrected chi connectivity index (χ3v) is 5.56. The predicted molar refractivity (Wildman–Crippen MR) is 115 cm³/mol. The van der Waals surface area contributed by atoms with Crippen LogP contribution >= 0.6 is 0 Å². The summed E-state index contributed by atoms with van der Waals surface area (Å²) >= 11 is 0. The second kappa shape index (κ2) is 13.5. The molecule has 2 N–H and O–H groups in total. The average molecular weight is 407 g/mol. The predicted octanol–water partition coefficient (Wildman–Crippen LogP) is 4.49. The molecule has 0 radical (unpaired) electrons. The molecule has 0 heterocycles. The number of unbranched alkanes of at least 4 members (excludes halogenated alkanes) is 1. The van der Waals surface area contributed by atoms with E-state index >= 15 is 0 Å². The van der Waals surface area contributed by atoms with Gasteiger partial charge < -0.3 is 14.9 Å². The zero-order valence-electron chi connectivity index (χ0n) is 18.0. The van der Waals surface area contributed by atoms with E-state index in [4.69, 9.17) is 0 Å². The number of ketones is 1. The number of carbonyl (C=O) groups is 2. The van der Waals surface area contributed by atoms with Crippen LogP contribution in [-0.2, 0) is 14.3 Å². The Morgan fingerprint density at radius 1 is 1.31 bits per heavy atom. The van der Waals surface area contributed by atoms with E-state index in [0.717, 1.165) is 19.3 Å². The molecule has 29 heavy (non-hydrogen) atoms. The summed E-state index contributed by atoms with van der Waals surface area (Å²) in [6, 6.07) is 0. The van der Waals surface area contributed by atoms with E-state index in [9.17, 15) is 19.8 Å². The van der Waals surface area contributed by atoms with Crippen LogP contribution in [0.25, 0.3) is 0 Å². The Morgan fingerprint density at radius 3 is 2.72 bits per heavy atom. The van der Waals surface area contributed by atoms with Crippen molar-refractivity contribution in [2.75, 3.05) is 6.61 Å². The van der Waals surface area contributed by atoms with Crippen LogP contribution in [0.15, 0.2) is 37.0 Å². The van der Waals surface area contributed by atoms with E-state index in [-0.39, 0.29) is 24.9 Å².